The summed E-state index contributed by atoms with van der Waals surface area (Å²) in [6.07, 6.45) is 1.54. The number of amides is 2. The van der Waals surface area contributed by atoms with E-state index in [-0.39, 0.29) is 24.3 Å². The molecule has 2 atom stereocenters. The average Bonchev–Trinajstić information content (AvgIpc) is 2.83. The molecule has 1 N–H and O–H groups in total. The van der Waals surface area contributed by atoms with Gasteiger partial charge < -0.3 is 10.2 Å². The largest absolute Gasteiger partial charge is 0.352 e. The van der Waals surface area contributed by atoms with Crippen molar-refractivity contribution in [1.29, 1.82) is 0 Å². The van der Waals surface area contributed by atoms with Crippen LogP contribution in [-0.2, 0) is 29.0 Å². The Bertz CT molecular complexity index is 1020. The van der Waals surface area contributed by atoms with Crippen molar-refractivity contribution in [2.75, 3.05) is 0 Å². The smallest absolute Gasteiger partial charge is 0.243 e. The van der Waals surface area contributed by atoms with Crippen LogP contribution >= 0.6 is 15.9 Å². The molecule has 3 rings (SSSR count). The van der Waals surface area contributed by atoms with Gasteiger partial charge in [-0.2, -0.15) is 0 Å². The molecule has 3 aromatic rings. The highest BCUT2D eigenvalue weighted by molar-refractivity contribution is 9.10. The first kappa shape index (κ1) is 24.7. The van der Waals surface area contributed by atoms with E-state index in [4.69, 9.17) is 0 Å². The highest BCUT2D eigenvalue weighted by Crippen LogP contribution is 2.18. The minimum absolute atomic E-state index is 0.0366. The molecular formula is C28H31BrN2O2. The number of carbonyl (C=O) groups is 2. The number of benzene rings is 3. The van der Waals surface area contributed by atoms with Gasteiger partial charge in [0.2, 0.25) is 11.8 Å². The molecule has 0 aliphatic rings. The molecule has 3 aromatic carbocycles. The number of nitrogens with one attached hydrogen (secondary N) is 1. The summed E-state index contributed by atoms with van der Waals surface area (Å²) < 4.78 is 0.976. The van der Waals surface area contributed by atoms with E-state index in [1.165, 1.54) is 0 Å². The van der Waals surface area contributed by atoms with Crippen LogP contribution in [0.4, 0.5) is 0 Å². The van der Waals surface area contributed by atoms with Gasteiger partial charge in [-0.1, -0.05) is 95.7 Å². The fourth-order valence-electron chi connectivity index (χ4n) is 3.65. The summed E-state index contributed by atoms with van der Waals surface area (Å²) in [6.45, 7) is 4.39. The third kappa shape index (κ3) is 7.57. The van der Waals surface area contributed by atoms with Crippen LogP contribution in [-0.4, -0.2) is 28.8 Å². The van der Waals surface area contributed by atoms with Crippen LogP contribution in [0, 0.1) is 0 Å². The molecule has 0 bridgehead atoms. The molecule has 172 valence electrons. The monoisotopic (exact) mass is 506 g/mol. The van der Waals surface area contributed by atoms with Crippen LogP contribution in [0.25, 0.3) is 0 Å². The molecule has 0 saturated carbocycles. The normalized spacial score (nSPS) is 12.6. The SMILES string of the molecule is CC[C@H](C)NC(=O)[C@H](Cc1ccccc1)N(Cc1ccc(Br)cc1)C(=O)Cc1ccccc1. The summed E-state index contributed by atoms with van der Waals surface area (Å²) in [5.74, 6) is -0.184. The highest BCUT2D eigenvalue weighted by atomic mass is 79.9. The Morgan fingerprint density at radius 3 is 2.00 bits per heavy atom. The first-order chi connectivity index (χ1) is 16.0. The van der Waals surface area contributed by atoms with Crippen LogP contribution in [0.2, 0.25) is 0 Å². The molecule has 0 unspecified atom stereocenters. The van der Waals surface area contributed by atoms with E-state index < -0.39 is 6.04 Å². The standard InChI is InChI=1S/C28H31BrN2O2/c1-3-21(2)30-28(33)26(18-22-10-6-4-7-11-22)31(20-24-14-16-25(29)17-15-24)27(32)19-23-12-8-5-9-13-23/h4-17,21,26H,3,18-20H2,1-2H3,(H,30,33)/t21-,26-/m0/s1. The Labute approximate surface area is 205 Å². The summed E-state index contributed by atoms with van der Waals surface area (Å²) in [5.41, 5.74) is 2.94. The molecular weight excluding hydrogens is 476 g/mol. The molecule has 2 amide bonds. The van der Waals surface area contributed by atoms with Crippen LogP contribution in [0.15, 0.2) is 89.4 Å². The van der Waals surface area contributed by atoms with Gasteiger partial charge in [-0.05, 0) is 42.2 Å². The lowest BCUT2D eigenvalue weighted by atomic mass is 10.0. The van der Waals surface area contributed by atoms with Crippen LogP contribution in [0.1, 0.15) is 37.0 Å². The summed E-state index contributed by atoms with van der Waals surface area (Å²) in [5, 5.41) is 3.10. The Morgan fingerprint density at radius 2 is 1.42 bits per heavy atom. The van der Waals surface area contributed by atoms with Crippen molar-refractivity contribution in [1.82, 2.24) is 10.2 Å². The Hall–Kier alpha value is -2.92. The zero-order chi connectivity index (χ0) is 23.6. The quantitative estimate of drug-likeness (QED) is 0.392. The lowest BCUT2D eigenvalue weighted by Crippen LogP contribution is -2.52. The molecule has 0 radical (unpaired) electrons. The molecule has 0 fully saturated rings. The van der Waals surface area contributed by atoms with E-state index in [9.17, 15) is 9.59 Å². The van der Waals surface area contributed by atoms with Crippen LogP contribution in [0.5, 0.6) is 0 Å². The average molecular weight is 507 g/mol. The zero-order valence-corrected chi connectivity index (χ0v) is 20.8. The van der Waals surface area contributed by atoms with E-state index in [0.29, 0.717) is 13.0 Å². The van der Waals surface area contributed by atoms with E-state index >= 15 is 0 Å². The van der Waals surface area contributed by atoms with Gasteiger partial charge in [0, 0.05) is 23.5 Å². The van der Waals surface area contributed by atoms with Crippen molar-refractivity contribution >= 4 is 27.7 Å². The number of rotatable bonds is 10. The molecule has 0 aromatic heterocycles. The number of carbonyl (C=O) groups excluding carboxylic acids is 2. The van der Waals surface area contributed by atoms with Gasteiger partial charge in [-0.25, -0.2) is 0 Å². The van der Waals surface area contributed by atoms with Gasteiger partial charge in [0.25, 0.3) is 0 Å². The first-order valence-electron chi connectivity index (χ1n) is 11.4. The van der Waals surface area contributed by atoms with Gasteiger partial charge >= 0.3 is 0 Å². The third-order valence-corrected chi connectivity index (χ3v) is 6.27. The maximum atomic E-state index is 13.6. The predicted molar refractivity (Wildman–Crippen MR) is 137 cm³/mol. The van der Waals surface area contributed by atoms with Crippen molar-refractivity contribution in [2.45, 2.75) is 51.7 Å². The van der Waals surface area contributed by atoms with E-state index in [0.717, 1.165) is 27.6 Å². The second-order valence-electron chi connectivity index (χ2n) is 8.33. The third-order valence-electron chi connectivity index (χ3n) is 5.74. The maximum Gasteiger partial charge on any atom is 0.243 e. The molecule has 0 heterocycles. The van der Waals surface area contributed by atoms with Crippen molar-refractivity contribution < 1.29 is 9.59 Å². The molecule has 0 aliphatic carbocycles. The molecule has 0 saturated heterocycles. The lowest BCUT2D eigenvalue weighted by molar-refractivity contribution is -0.141. The van der Waals surface area contributed by atoms with Crippen molar-refractivity contribution in [3.8, 4) is 0 Å². The lowest BCUT2D eigenvalue weighted by Gasteiger charge is -2.32. The molecule has 0 spiro atoms. The van der Waals surface area contributed by atoms with Crippen molar-refractivity contribution in [2.24, 2.45) is 0 Å². The molecule has 33 heavy (non-hydrogen) atoms. The minimum atomic E-state index is -0.610. The summed E-state index contributed by atoms with van der Waals surface area (Å²) in [6, 6.07) is 26.9. The van der Waals surface area contributed by atoms with Gasteiger partial charge in [-0.15, -0.1) is 0 Å². The number of hydrogen-bond acceptors (Lipinski definition) is 2. The Balaban J connectivity index is 1.95. The maximum absolute atomic E-state index is 13.6. The van der Waals surface area contributed by atoms with E-state index in [2.05, 4.69) is 21.2 Å². The Kier molecular flexibility index (Phi) is 9.25. The second kappa shape index (κ2) is 12.4. The number of halogens is 1. The number of nitrogens with zero attached hydrogens (tertiary/aromatic N) is 1. The van der Waals surface area contributed by atoms with Crippen molar-refractivity contribution in [3.63, 3.8) is 0 Å². The van der Waals surface area contributed by atoms with Gasteiger partial charge in [-0.3, -0.25) is 9.59 Å². The second-order valence-corrected chi connectivity index (χ2v) is 9.25. The van der Waals surface area contributed by atoms with E-state index in [1.807, 2.05) is 98.8 Å². The van der Waals surface area contributed by atoms with Crippen LogP contribution in [0.3, 0.4) is 0 Å². The predicted octanol–water partition coefficient (Wildman–Crippen LogP) is 5.55. The first-order valence-corrected chi connectivity index (χ1v) is 12.2. The topological polar surface area (TPSA) is 49.4 Å². The Morgan fingerprint density at radius 1 is 0.848 bits per heavy atom. The highest BCUT2D eigenvalue weighted by Gasteiger charge is 2.30. The summed E-state index contributed by atoms with van der Waals surface area (Å²) >= 11 is 3.47. The van der Waals surface area contributed by atoms with Crippen LogP contribution < -0.4 is 5.32 Å². The summed E-state index contributed by atoms with van der Waals surface area (Å²) in [7, 11) is 0. The molecule has 5 heteroatoms. The fraction of sp³-hybridized carbons (Fsp3) is 0.286. The van der Waals surface area contributed by atoms with Crippen molar-refractivity contribution in [3.05, 3.63) is 106 Å². The van der Waals surface area contributed by atoms with Gasteiger partial charge in [0.15, 0.2) is 0 Å². The fourth-order valence-corrected chi connectivity index (χ4v) is 3.92. The minimum Gasteiger partial charge on any atom is -0.352 e. The molecule has 4 nitrogen and oxygen atoms in total. The summed E-state index contributed by atoms with van der Waals surface area (Å²) in [4.78, 5) is 28.8. The van der Waals surface area contributed by atoms with Gasteiger partial charge in [0.05, 0.1) is 6.42 Å². The number of hydrogen-bond donors (Lipinski definition) is 1. The van der Waals surface area contributed by atoms with E-state index in [1.54, 1.807) is 4.90 Å². The van der Waals surface area contributed by atoms with Gasteiger partial charge in [0.1, 0.15) is 6.04 Å². The molecule has 0 aliphatic heterocycles. The zero-order valence-electron chi connectivity index (χ0n) is 19.2.